The number of aryl methyl sites for hydroxylation is 1. The van der Waals surface area contributed by atoms with Gasteiger partial charge in [-0.15, -0.1) is 0 Å². The van der Waals surface area contributed by atoms with E-state index in [-0.39, 0.29) is 5.91 Å². The molecule has 1 aromatic carbocycles. The Hall–Kier alpha value is -1.32. The molecule has 0 fully saturated rings. The highest BCUT2D eigenvalue weighted by atomic mass is 35.5. The molecule has 2 rings (SSSR count). The summed E-state index contributed by atoms with van der Waals surface area (Å²) in [5, 5.41) is 6.80. The maximum Gasteiger partial charge on any atom is 0.238 e. The number of allylic oxidation sites excluding steroid dienone is 1. The zero-order valence-electron chi connectivity index (χ0n) is 11.1. The third-order valence-corrected chi connectivity index (χ3v) is 3.53. The Labute approximate surface area is 119 Å². The molecule has 2 N–H and O–H groups in total. The number of carbonyl (C=O) groups is 1. The Morgan fingerprint density at radius 2 is 2.26 bits per heavy atom. The predicted octanol–water partition coefficient (Wildman–Crippen LogP) is 3.29. The average molecular weight is 279 g/mol. The smallest absolute Gasteiger partial charge is 0.238 e. The Bertz CT molecular complexity index is 485. The van der Waals surface area contributed by atoms with Gasteiger partial charge in [-0.2, -0.15) is 0 Å². The van der Waals surface area contributed by atoms with Crippen LogP contribution in [0.1, 0.15) is 24.8 Å². The van der Waals surface area contributed by atoms with Crippen LogP contribution in [0.3, 0.4) is 0 Å². The first-order chi connectivity index (χ1) is 9.15. The van der Waals surface area contributed by atoms with Crippen molar-refractivity contribution in [3.05, 3.63) is 40.9 Å². The third-order valence-electron chi connectivity index (χ3n) is 3.29. The van der Waals surface area contributed by atoms with Gasteiger partial charge in [0.2, 0.25) is 5.91 Å². The highest BCUT2D eigenvalue weighted by molar-refractivity contribution is 6.31. The number of anilines is 1. The predicted molar refractivity (Wildman–Crippen MR) is 79.6 cm³/mol. The van der Waals surface area contributed by atoms with Gasteiger partial charge in [0.05, 0.1) is 6.54 Å². The van der Waals surface area contributed by atoms with Gasteiger partial charge < -0.3 is 10.6 Å². The molecular formula is C15H19ClN2O. The maximum atomic E-state index is 11.9. The minimum atomic E-state index is -0.0279. The highest BCUT2D eigenvalue weighted by Crippen LogP contribution is 2.20. The van der Waals surface area contributed by atoms with Crippen LogP contribution in [0.25, 0.3) is 0 Å². The summed E-state index contributed by atoms with van der Waals surface area (Å²) in [5.41, 5.74) is 1.79. The van der Waals surface area contributed by atoms with E-state index in [1.165, 1.54) is 0 Å². The molecule has 1 aliphatic carbocycles. The lowest BCUT2D eigenvalue weighted by atomic mass is 10.0. The fourth-order valence-electron chi connectivity index (χ4n) is 2.14. The summed E-state index contributed by atoms with van der Waals surface area (Å²) in [7, 11) is 0. The van der Waals surface area contributed by atoms with Crippen LogP contribution in [0.5, 0.6) is 0 Å². The number of carbonyl (C=O) groups excluding carboxylic acids is 1. The quantitative estimate of drug-likeness (QED) is 0.830. The SMILES string of the molecule is Cc1ccc(Cl)cc1NC(=O)CNC1CC=CCC1. The van der Waals surface area contributed by atoms with Crippen molar-refractivity contribution in [2.75, 3.05) is 11.9 Å². The van der Waals surface area contributed by atoms with Crippen molar-refractivity contribution in [3.8, 4) is 0 Å². The maximum absolute atomic E-state index is 11.9. The van der Waals surface area contributed by atoms with E-state index in [4.69, 9.17) is 11.6 Å². The van der Waals surface area contributed by atoms with Crippen LogP contribution in [0, 0.1) is 6.92 Å². The van der Waals surface area contributed by atoms with Crippen molar-refractivity contribution < 1.29 is 4.79 Å². The molecule has 1 amide bonds. The van der Waals surface area contributed by atoms with Crippen LogP contribution in [-0.4, -0.2) is 18.5 Å². The second-order valence-corrected chi connectivity index (χ2v) is 5.31. The summed E-state index contributed by atoms with van der Waals surface area (Å²) in [5.74, 6) is -0.0279. The molecule has 0 aliphatic heterocycles. The van der Waals surface area contributed by atoms with E-state index in [9.17, 15) is 4.79 Å². The third kappa shape index (κ3) is 4.37. The number of rotatable bonds is 4. The minimum absolute atomic E-state index is 0.0279. The largest absolute Gasteiger partial charge is 0.325 e. The normalized spacial score (nSPS) is 18.3. The molecule has 1 aromatic rings. The summed E-state index contributed by atoms with van der Waals surface area (Å²) in [6, 6.07) is 5.91. The molecule has 19 heavy (non-hydrogen) atoms. The minimum Gasteiger partial charge on any atom is -0.325 e. The molecule has 1 unspecified atom stereocenters. The van der Waals surface area contributed by atoms with Gasteiger partial charge in [-0.1, -0.05) is 29.8 Å². The van der Waals surface area contributed by atoms with Crippen LogP contribution in [0.2, 0.25) is 5.02 Å². The van der Waals surface area contributed by atoms with Crippen molar-refractivity contribution in [1.29, 1.82) is 0 Å². The van der Waals surface area contributed by atoms with Crippen molar-refractivity contribution in [3.63, 3.8) is 0 Å². The first kappa shape index (κ1) is 14.1. The standard InChI is InChI=1S/C15H19ClN2O/c1-11-7-8-12(16)9-14(11)18-15(19)10-17-13-5-3-2-4-6-13/h2-3,7-9,13,17H,4-6,10H2,1H3,(H,18,19). The second kappa shape index (κ2) is 6.73. The van der Waals surface area contributed by atoms with Gasteiger partial charge in [0.15, 0.2) is 0 Å². The van der Waals surface area contributed by atoms with Crippen LogP contribution < -0.4 is 10.6 Å². The summed E-state index contributed by atoms with van der Waals surface area (Å²) >= 11 is 5.92. The zero-order chi connectivity index (χ0) is 13.7. The lowest BCUT2D eigenvalue weighted by Gasteiger charge is -2.19. The van der Waals surface area contributed by atoms with E-state index >= 15 is 0 Å². The fraction of sp³-hybridized carbons (Fsp3) is 0.400. The number of benzene rings is 1. The highest BCUT2D eigenvalue weighted by Gasteiger charge is 2.11. The van der Waals surface area contributed by atoms with E-state index in [0.29, 0.717) is 17.6 Å². The van der Waals surface area contributed by atoms with E-state index in [1.54, 1.807) is 6.07 Å². The lowest BCUT2D eigenvalue weighted by molar-refractivity contribution is -0.115. The van der Waals surface area contributed by atoms with Crippen LogP contribution in [-0.2, 0) is 4.79 Å². The van der Waals surface area contributed by atoms with Gasteiger partial charge in [-0.05, 0) is 43.9 Å². The number of halogens is 1. The van der Waals surface area contributed by atoms with Crippen molar-refractivity contribution >= 4 is 23.2 Å². The van der Waals surface area contributed by atoms with Crippen LogP contribution in [0.15, 0.2) is 30.4 Å². The first-order valence-corrected chi connectivity index (χ1v) is 6.97. The van der Waals surface area contributed by atoms with Crippen molar-refractivity contribution in [2.24, 2.45) is 0 Å². The zero-order valence-corrected chi connectivity index (χ0v) is 11.8. The molecule has 4 heteroatoms. The van der Waals surface area contributed by atoms with E-state index in [2.05, 4.69) is 22.8 Å². The van der Waals surface area contributed by atoms with Gasteiger partial charge in [-0.3, -0.25) is 4.79 Å². The number of hydrogen-bond acceptors (Lipinski definition) is 2. The van der Waals surface area contributed by atoms with Gasteiger partial charge >= 0.3 is 0 Å². The molecule has 1 aliphatic rings. The molecule has 0 aromatic heterocycles. The van der Waals surface area contributed by atoms with Gasteiger partial charge in [0, 0.05) is 16.8 Å². The topological polar surface area (TPSA) is 41.1 Å². The molecular weight excluding hydrogens is 260 g/mol. The second-order valence-electron chi connectivity index (χ2n) is 4.87. The molecule has 0 radical (unpaired) electrons. The van der Waals surface area contributed by atoms with E-state index < -0.39 is 0 Å². The average Bonchev–Trinajstić information content (AvgIpc) is 2.42. The van der Waals surface area contributed by atoms with Crippen LogP contribution in [0.4, 0.5) is 5.69 Å². The summed E-state index contributed by atoms with van der Waals surface area (Å²) in [6.45, 7) is 2.29. The monoisotopic (exact) mass is 278 g/mol. The number of amides is 1. The molecule has 102 valence electrons. The molecule has 0 spiro atoms. The Morgan fingerprint density at radius 3 is 3.00 bits per heavy atom. The Morgan fingerprint density at radius 1 is 1.42 bits per heavy atom. The molecule has 0 saturated carbocycles. The molecule has 3 nitrogen and oxygen atoms in total. The molecule has 1 atom stereocenters. The van der Waals surface area contributed by atoms with Crippen LogP contribution >= 0.6 is 11.6 Å². The van der Waals surface area contributed by atoms with Crippen molar-refractivity contribution in [2.45, 2.75) is 32.2 Å². The lowest BCUT2D eigenvalue weighted by Crippen LogP contribution is -2.36. The summed E-state index contributed by atoms with van der Waals surface area (Å²) < 4.78 is 0. The van der Waals surface area contributed by atoms with E-state index in [0.717, 1.165) is 30.5 Å². The molecule has 0 bridgehead atoms. The summed E-state index contributed by atoms with van der Waals surface area (Å²) in [6.07, 6.45) is 7.55. The summed E-state index contributed by atoms with van der Waals surface area (Å²) in [4.78, 5) is 11.9. The van der Waals surface area contributed by atoms with Gasteiger partial charge in [-0.25, -0.2) is 0 Å². The Kier molecular flexibility index (Phi) is 5.00. The van der Waals surface area contributed by atoms with E-state index in [1.807, 2.05) is 19.1 Å². The number of hydrogen-bond donors (Lipinski definition) is 2. The molecule has 0 saturated heterocycles. The fourth-order valence-corrected chi connectivity index (χ4v) is 2.31. The Balaban J connectivity index is 1.83. The van der Waals surface area contributed by atoms with Gasteiger partial charge in [0.1, 0.15) is 0 Å². The van der Waals surface area contributed by atoms with Crippen molar-refractivity contribution in [1.82, 2.24) is 5.32 Å². The molecule has 0 heterocycles. The van der Waals surface area contributed by atoms with Gasteiger partial charge in [0.25, 0.3) is 0 Å². The number of nitrogens with one attached hydrogen (secondary N) is 2. The first-order valence-electron chi connectivity index (χ1n) is 6.59.